The van der Waals surface area contributed by atoms with Gasteiger partial charge in [0.25, 0.3) is 0 Å². The van der Waals surface area contributed by atoms with Crippen molar-refractivity contribution in [2.75, 3.05) is 32.8 Å². The Hall–Kier alpha value is -2.89. The molecular formula is C21H27NO5. The van der Waals surface area contributed by atoms with Crippen LogP contribution in [-0.4, -0.2) is 33.3 Å². The predicted molar refractivity (Wildman–Crippen MR) is 105 cm³/mol. The molecule has 0 bridgehead atoms. The lowest BCUT2D eigenvalue weighted by Gasteiger charge is -2.14. The molecule has 0 unspecified atom stereocenters. The van der Waals surface area contributed by atoms with Crippen molar-refractivity contribution in [1.82, 2.24) is 0 Å². The van der Waals surface area contributed by atoms with Crippen LogP contribution >= 0.6 is 0 Å². The van der Waals surface area contributed by atoms with Crippen LogP contribution in [0.4, 0.5) is 5.69 Å². The van der Waals surface area contributed by atoms with Crippen molar-refractivity contribution in [2.24, 2.45) is 0 Å². The van der Waals surface area contributed by atoms with Crippen LogP contribution in [0.15, 0.2) is 36.4 Å². The van der Waals surface area contributed by atoms with Gasteiger partial charge in [-0.1, -0.05) is 6.07 Å². The second-order valence-corrected chi connectivity index (χ2v) is 5.76. The molecule has 27 heavy (non-hydrogen) atoms. The Morgan fingerprint density at radius 2 is 1.59 bits per heavy atom. The van der Waals surface area contributed by atoms with Crippen molar-refractivity contribution >= 4 is 11.6 Å². The van der Waals surface area contributed by atoms with E-state index in [0.29, 0.717) is 54.7 Å². The maximum Gasteiger partial charge on any atom is 0.224 e. The third-order valence-corrected chi connectivity index (χ3v) is 3.92. The molecule has 2 aromatic carbocycles. The topological polar surface area (TPSA) is 66.0 Å². The van der Waals surface area contributed by atoms with Gasteiger partial charge in [-0.15, -0.1) is 0 Å². The molecule has 2 aromatic rings. The highest BCUT2D eigenvalue weighted by molar-refractivity contribution is 5.92. The number of hydrogen-bond acceptors (Lipinski definition) is 5. The summed E-state index contributed by atoms with van der Waals surface area (Å²) >= 11 is 0. The quantitative estimate of drug-likeness (QED) is 0.680. The molecule has 1 amide bonds. The zero-order valence-electron chi connectivity index (χ0n) is 16.3. The second-order valence-electron chi connectivity index (χ2n) is 5.76. The predicted octanol–water partition coefficient (Wildman–Crippen LogP) is 4.07. The first-order valence-electron chi connectivity index (χ1n) is 9.01. The Kier molecular flexibility index (Phi) is 7.79. The monoisotopic (exact) mass is 373 g/mol. The summed E-state index contributed by atoms with van der Waals surface area (Å²) in [6.07, 6.45) is 0.918. The Morgan fingerprint density at radius 1 is 0.889 bits per heavy atom. The number of ether oxygens (including phenoxy) is 4. The highest BCUT2D eigenvalue weighted by Crippen LogP contribution is 2.30. The van der Waals surface area contributed by atoms with Gasteiger partial charge in [-0.25, -0.2) is 0 Å². The number of benzene rings is 2. The van der Waals surface area contributed by atoms with Crippen molar-refractivity contribution in [3.05, 3.63) is 42.0 Å². The lowest BCUT2D eigenvalue weighted by atomic mass is 10.1. The van der Waals surface area contributed by atoms with E-state index in [-0.39, 0.29) is 5.91 Å². The number of methoxy groups -OCH3 is 2. The van der Waals surface area contributed by atoms with Crippen LogP contribution < -0.4 is 24.3 Å². The molecule has 6 nitrogen and oxygen atoms in total. The summed E-state index contributed by atoms with van der Waals surface area (Å²) in [5, 5.41) is 2.92. The van der Waals surface area contributed by atoms with E-state index in [2.05, 4.69) is 5.32 Å². The van der Waals surface area contributed by atoms with E-state index in [0.717, 1.165) is 5.56 Å². The molecule has 0 radical (unpaired) electrons. The fraction of sp³-hybridized carbons (Fsp3) is 0.381. The van der Waals surface area contributed by atoms with Crippen LogP contribution in [0.3, 0.4) is 0 Å². The van der Waals surface area contributed by atoms with Gasteiger partial charge in [0.05, 0.1) is 33.1 Å². The summed E-state index contributed by atoms with van der Waals surface area (Å²) in [7, 11) is 3.19. The fourth-order valence-corrected chi connectivity index (χ4v) is 2.65. The van der Waals surface area contributed by atoms with Crippen LogP contribution in [0.1, 0.15) is 25.8 Å². The zero-order valence-corrected chi connectivity index (χ0v) is 16.3. The van der Waals surface area contributed by atoms with Crippen molar-refractivity contribution in [3.63, 3.8) is 0 Å². The summed E-state index contributed by atoms with van der Waals surface area (Å²) in [4.78, 5) is 12.4. The van der Waals surface area contributed by atoms with Gasteiger partial charge < -0.3 is 24.3 Å². The minimum atomic E-state index is -0.0978. The average Bonchev–Trinajstić information content (AvgIpc) is 2.68. The number of aryl methyl sites for hydroxylation is 1. The number of anilines is 1. The third kappa shape index (κ3) is 5.81. The summed E-state index contributed by atoms with van der Waals surface area (Å²) in [5.74, 6) is 2.54. The van der Waals surface area contributed by atoms with Gasteiger partial charge in [0.1, 0.15) is 11.5 Å². The highest BCUT2D eigenvalue weighted by Gasteiger charge is 2.11. The number of carbonyl (C=O) groups is 1. The van der Waals surface area contributed by atoms with Gasteiger partial charge in [-0.05, 0) is 50.1 Å². The van der Waals surface area contributed by atoms with Gasteiger partial charge in [0.2, 0.25) is 5.91 Å². The Balaban J connectivity index is 2.03. The molecule has 0 saturated heterocycles. The minimum absolute atomic E-state index is 0.0978. The summed E-state index contributed by atoms with van der Waals surface area (Å²) in [5.41, 5.74) is 1.61. The van der Waals surface area contributed by atoms with Crippen molar-refractivity contribution in [1.29, 1.82) is 0 Å². The second kappa shape index (κ2) is 10.3. The first-order valence-corrected chi connectivity index (χ1v) is 9.01. The molecule has 0 spiro atoms. The van der Waals surface area contributed by atoms with Gasteiger partial charge >= 0.3 is 0 Å². The molecule has 0 heterocycles. The standard InChI is InChI=1S/C21H27NO5/c1-5-26-16-9-11-18(27-6-2)17(14-16)22-21(23)12-8-15-7-10-19(24-3)20(13-15)25-4/h7,9-11,13-14H,5-6,8,12H2,1-4H3,(H,22,23). The first kappa shape index (κ1) is 20.4. The van der Waals surface area contributed by atoms with E-state index >= 15 is 0 Å². The van der Waals surface area contributed by atoms with Crippen molar-refractivity contribution in [3.8, 4) is 23.0 Å². The van der Waals surface area contributed by atoms with E-state index < -0.39 is 0 Å². The molecule has 0 aliphatic carbocycles. The van der Waals surface area contributed by atoms with Crippen LogP contribution in [0.25, 0.3) is 0 Å². The Bertz CT molecular complexity index is 760. The Labute approximate surface area is 160 Å². The molecule has 2 rings (SSSR count). The van der Waals surface area contributed by atoms with Gasteiger partial charge in [-0.2, -0.15) is 0 Å². The number of carbonyl (C=O) groups excluding carboxylic acids is 1. The third-order valence-electron chi connectivity index (χ3n) is 3.92. The maximum absolute atomic E-state index is 12.4. The zero-order chi connectivity index (χ0) is 19.6. The smallest absolute Gasteiger partial charge is 0.224 e. The molecule has 1 N–H and O–H groups in total. The van der Waals surface area contributed by atoms with E-state index in [4.69, 9.17) is 18.9 Å². The molecule has 0 aliphatic rings. The SMILES string of the molecule is CCOc1ccc(OCC)c(NC(=O)CCc2ccc(OC)c(OC)c2)c1. The molecule has 0 aliphatic heterocycles. The lowest BCUT2D eigenvalue weighted by Crippen LogP contribution is -2.13. The molecule has 0 atom stereocenters. The van der Waals surface area contributed by atoms with Gasteiger partial charge in [0.15, 0.2) is 11.5 Å². The maximum atomic E-state index is 12.4. The molecule has 0 fully saturated rings. The Morgan fingerprint density at radius 3 is 2.26 bits per heavy atom. The largest absolute Gasteiger partial charge is 0.494 e. The highest BCUT2D eigenvalue weighted by atomic mass is 16.5. The van der Waals surface area contributed by atoms with Crippen molar-refractivity contribution < 1.29 is 23.7 Å². The number of rotatable bonds is 10. The van der Waals surface area contributed by atoms with E-state index in [1.165, 1.54) is 0 Å². The molecule has 6 heteroatoms. The first-order chi connectivity index (χ1) is 13.1. The van der Waals surface area contributed by atoms with Crippen LogP contribution in [0.2, 0.25) is 0 Å². The minimum Gasteiger partial charge on any atom is -0.494 e. The summed E-state index contributed by atoms with van der Waals surface area (Å²) in [6.45, 7) is 4.89. The van der Waals surface area contributed by atoms with E-state index in [1.807, 2.05) is 38.1 Å². The normalized spacial score (nSPS) is 10.2. The van der Waals surface area contributed by atoms with Gasteiger partial charge in [0, 0.05) is 12.5 Å². The van der Waals surface area contributed by atoms with E-state index in [9.17, 15) is 4.79 Å². The average molecular weight is 373 g/mol. The lowest BCUT2D eigenvalue weighted by molar-refractivity contribution is -0.116. The number of hydrogen-bond donors (Lipinski definition) is 1. The van der Waals surface area contributed by atoms with Crippen LogP contribution in [0, 0.1) is 0 Å². The van der Waals surface area contributed by atoms with E-state index in [1.54, 1.807) is 26.4 Å². The number of amides is 1. The number of nitrogens with one attached hydrogen (secondary N) is 1. The molecule has 0 aromatic heterocycles. The van der Waals surface area contributed by atoms with Gasteiger partial charge in [-0.3, -0.25) is 4.79 Å². The molecule has 146 valence electrons. The van der Waals surface area contributed by atoms with Crippen LogP contribution in [0.5, 0.6) is 23.0 Å². The summed E-state index contributed by atoms with van der Waals surface area (Å²) in [6, 6.07) is 11.1. The summed E-state index contributed by atoms with van der Waals surface area (Å²) < 4.78 is 21.6. The molecule has 0 saturated carbocycles. The molecular weight excluding hydrogens is 346 g/mol. The van der Waals surface area contributed by atoms with Crippen molar-refractivity contribution in [2.45, 2.75) is 26.7 Å². The fourth-order valence-electron chi connectivity index (χ4n) is 2.65. The van der Waals surface area contributed by atoms with Crippen LogP contribution in [-0.2, 0) is 11.2 Å².